The molecule has 0 fully saturated rings. The number of benzene rings is 1. The molecule has 3 heteroatoms. The molecule has 0 aromatic heterocycles. The first kappa shape index (κ1) is 15.5. The van der Waals surface area contributed by atoms with Gasteiger partial charge in [0.15, 0.2) is 0 Å². The van der Waals surface area contributed by atoms with E-state index in [9.17, 15) is 5.26 Å². The smallest absolute Gasteiger partial charge is 0.119 e. The van der Waals surface area contributed by atoms with Crippen LogP contribution in [0.2, 0.25) is 0 Å². The molecule has 1 rings (SSSR count). The van der Waals surface area contributed by atoms with Crippen LogP contribution in [0.4, 0.5) is 0 Å². The number of nitrogens with zero attached hydrogens (tertiary/aromatic N) is 2. The number of methoxy groups -OCH3 is 1. The third-order valence-electron chi connectivity index (χ3n) is 3.65. The summed E-state index contributed by atoms with van der Waals surface area (Å²) in [5.41, 5.74) is 0.667. The molecule has 0 aliphatic carbocycles. The molecule has 1 unspecified atom stereocenters. The van der Waals surface area contributed by atoms with Gasteiger partial charge in [-0.2, -0.15) is 5.26 Å². The van der Waals surface area contributed by atoms with E-state index < -0.39 is 5.41 Å². The standard InChI is InChI=1S/C16H24N2O/c1-5-16(13-17,10-7-11-18(2)3)14-8-6-9-15(12-14)19-4/h6,8-9,12H,5,7,10-11H2,1-4H3. The van der Waals surface area contributed by atoms with Crippen molar-refractivity contribution in [3.63, 3.8) is 0 Å². The van der Waals surface area contributed by atoms with E-state index in [2.05, 4.69) is 32.0 Å². The monoisotopic (exact) mass is 260 g/mol. The fourth-order valence-electron chi connectivity index (χ4n) is 2.34. The summed E-state index contributed by atoms with van der Waals surface area (Å²) in [4.78, 5) is 2.16. The summed E-state index contributed by atoms with van der Waals surface area (Å²) in [7, 11) is 5.78. The largest absolute Gasteiger partial charge is 0.497 e. The van der Waals surface area contributed by atoms with Crippen molar-refractivity contribution in [1.82, 2.24) is 4.90 Å². The van der Waals surface area contributed by atoms with E-state index in [1.165, 1.54) is 0 Å². The Labute approximate surface area is 116 Å². The average molecular weight is 260 g/mol. The van der Waals surface area contributed by atoms with Crippen molar-refractivity contribution in [3.05, 3.63) is 29.8 Å². The topological polar surface area (TPSA) is 36.3 Å². The zero-order chi connectivity index (χ0) is 14.3. The summed E-state index contributed by atoms with van der Waals surface area (Å²) >= 11 is 0. The van der Waals surface area contributed by atoms with E-state index in [0.717, 1.165) is 37.1 Å². The molecule has 1 atom stereocenters. The lowest BCUT2D eigenvalue weighted by Gasteiger charge is -2.26. The third kappa shape index (κ3) is 3.97. The molecule has 0 heterocycles. The Bertz CT molecular complexity index is 437. The highest BCUT2D eigenvalue weighted by Crippen LogP contribution is 2.34. The predicted molar refractivity (Wildman–Crippen MR) is 78.4 cm³/mol. The Balaban J connectivity index is 2.94. The van der Waals surface area contributed by atoms with Gasteiger partial charge in [-0.3, -0.25) is 0 Å². The minimum atomic E-state index is -0.398. The second-order valence-electron chi connectivity index (χ2n) is 5.19. The molecule has 104 valence electrons. The summed E-state index contributed by atoms with van der Waals surface area (Å²) in [5.74, 6) is 0.818. The maximum Gasteiger partial charge on any atom is 0.119 e. The SMILES string of the molecule is CCC(C#N)(CCCN(C)C)c1cccc(OC)c1. The van der Waals surface area contributed by atoms with Crippen LogP contribution >= 0.6 is 0 Å². The minimum Gasteiger partial charge on any atom is -0.497 e. The lowest BCUT2D eigenvalue weighted by atomic mass is 9.76. The molecule has 0 aliphatic heterocycles. The van der Waals surface area contributed by atoms with Crippen LogP contribution in [0.3, 0.4) is 0 Å². The number of nitriles is 1. The Hall–Kier alpha value is -1.53. The van der Waals surface area contributed by atoms with Crippen LogP contribution in [0.5, 0.6) is 5.75 Å². The summed E-state index contributed by atoms with van der Waals surface area (Å²) in [6, 6.07) is 10.4. The van der Waals surface area contributed by atoms with Crippen LogP contribution in [0.15, 0.2) is 24.3 Å². The molecule has 0 saturated heterocycles. The van der Waals surface area contributed by atoms with E-state index in [1.807, 2.05) is 24.3 Å². The van der Waals surface area contributed by atoms with Gasteiger partial charge in [-0.05, 0) is 57.6 Å². The van der Waals surface area contributed by atoms with Crippen molar-refractivity contribution in [2.75, 3.05) is 27.7 Å². The van der Waals surface area contributed by atoms with Crippen LogP contribution in [0.1, 0.15) is 31.7 Å². The lowest BCUT2D eigenvalue weighted by Crippen LogP contribution is -2.25. The Kier molecular flexibility index (Phi) is 5.85. The van der Waals surface area contributed by atoms with Crippen LogP contribution in [0.25, 0.3) is 0 Å². The number of rotatable bonds is 7. The molecule has 0 radical (unpaired) electrons. The fourth-order valence-corrected chi connectivity index (χ4v) is 2.34. The Morgan fingerprint density at radius 3 is 2.63 bits per heavy atom. The highest BCUT2D eigenvalue weighted by Gasteiger charge is 2.30. The van der Waals surface area contributed by atoms with Gasteiger partial charge < -0.3 is 9.64 Å². The first-order valence-electron chi connectivity index (χ1n) is 6.78. The van der Waals surface area contributed by atoms with Gasteiger partial charge in [-0.15, -0.1) is 0 Å². The highest BCUT2D eigenvalue weighted by atomic mass is 16.5. The Morgan fingerprint density at radius 1 is 1.37 bits per heavy atom. The number of hydrogen-bond donors (Lipinski definition) is 0. The van der Waals surface area contributed by atoms with Crippen molar-refractivity contribution in [2.45, 2.75) is 31.6 Å². The van der Waals surface area contributed by atoms with Crippen LogP contribution in [0, 0.1) is 11.3 Å². The second kappa shape index (κ2) is 7.16. The summed E-state index contributed by atoms with van der Waals surface area (Å²) in [6.07, 6.45) is 2.72. The molecule has 0 bridgehead atoms. The van der Waals surface area contributed by atoms with Gasteiger partial charge in [0, 0.05) is 0 Å². The van der Waals surface area contributed by atoms with Crippen LogP contribution in [-0.4, -0.2) is 32.6 Å². The van der Waals surface area contributed by atoms with Crippen molar-refractivity contribution in [3.8, 4) is 11.8 Å². The fraction of sp³-hybridized carbons (Fsp3) is 0.562. The van der Waals surface area contributed by atoms with Gasteiger partial charge in [0.05, 0.1) is 18.6 Å². The molecule has 1 aromatic carbocycles. The maximum absolute atomic E-state index is 9.65. The summed E-state index contributed by atoms with van der Waals surface area (Å²) in [6.45, 7) is 3.09. The third-order valence-corrected chi connectivity index (χ3v) is 3.65. The molecule has 0 saturated carbocycles. The van der Waals surface area contributed by atoms with Gasteiger partial charge >= 0.3 is 0 Å². The molecule has 0 N–H and O–H groups in total. The van der Waals surface area contributed by atoms with Gasteiger partial charge in [-0.1, -0.05) is 19.1 Å². The van der Waals surface area contributed by atoms with Crippen molar-refractivity contribution in [1.29, 1.82) is 5.26 Å². The van der Waals surface area contributed by atoms with E-state index in [4.69, 9.17) is 4.74 Å². The average Bonchev–Trinajstić information content (AvgIpc) is 2.44. The summed E-state index contributed by atoms with van der Waals surface area (Å²) in [5, 5.41) is 9.65. The molecule has 0 amide bonds. The van der Waals surface area contributed by atoms with E-state index in [0.29, 0.717) is 0 Å². The van der Waals surface area contributed by atoms with E-state index >= 15 is 0 Å². The molecule has 1 aromatic rings. The molecule has 3 nitrogen and oxygen atoms in total. The molecule has 19 heavy (non-hydrogen) atoms. The minimum absolute atomic E-state index is 0.398. The predicted octanol–water partition coefficient (Wildman–Crippen LogP) is 3.21. The lowest BCUT2D eigenvalue weighted by molar-refractivity contribution is 0.362. The van der Waals surface area contributed by atoms with Crippen LogP contribution in [-0.2, 0) is 5.41 Å². The molecular weight excluding hydrogens is 236 g/mol. The first-order chi connectivity index (χ1) is 9.07. The van der Waals surface area contributed by atoms with Gasteiger partial charge in [0.25, 0.3) is 0 Å². The first-order valence-corrected chi connectivity index (χ1v) is 6.78. The Morgan fingerprint density at radius 2 is 2.11 bits per heavy atom. The number of ether oxygens (including phenoxy) is 1. The zero-order valence-electron chi connectivity index (χ0n) is 12.4. The van der Waals surface area contributed by atoms with Crippen molar-refractivity contribution >= 4 is 0 Å². The zero-order valence-corrected chi connectivity index (χ0v) is 12.4. The van der Waals surface area contributed by atoms with Gasteiger partial charge in [0.1, 0.15) is 5.75 Å². The molecule has 0 aliphatic rings. The van der Waals surface area contributed by atoms with Crippen molar-refractivity contribution in [2.24, 2.45) is 0 Å². The van der Waals surface area contributed by atoms with Gasteiger partial charge in [0.2, 0.25) is 0 Å². The quantitative estimate of drug-likeness (QED) is 0.755. The maximum atomic E-state index is 9.65. The second-order valence-corrected chi connectivity index (χ2v) is 5.19. The van der Waals surface area contributed by atoms with Crippen LogP contribution < -0.4 is 4.74 Å². The van der Waals surface area contributed by atoms with E-state index in [-0.39, 0.29) is 0 Å². The van der Waals surface area contributed by atoms with E-state index in [1.54, 1.807) is 7.11 Å². The van der Waals surface area contributed by atoms with Gasteiger partial charge in [-0.25, -0.2) is 0 Å². The summed E-state index contributed by atoms with van der Waals surface area (Å²) < 4.78 is 5.26. The van der Waals surface area contributed by atoms with Crippen molar-refractivity contribution < 1.29 is 4.74 Å². The molecule has 0 spiro atoms. The normalized spacial score (nSPS) is 13.9. The molecular formula is C16H24N2O. The highest BCUT2D eigenvalue weighted by molar-refractivity contribution is 5.38. The number of hydrogen-bond acceptors (Lipinski definition) is 3.